The van der Waals surface area contributed by atoms with Crippen LogP contribution in [0, 0.1) is 11.8 Å². The zero-order valence-corrected chi connectivity index (χ0v) is 38.8. The van der Waals surface area contributed by atoms with Gasteiger partial charge in [0.1, 0.15) is 12.1 Å². The summed E-state index contributed by atoms with van der Waals surface area (Å²) in [6.45, 7) is 13.9. The van der Waals surface area contributed by atoms with E-state index in [-0.39, 0.29) is 61.8 Å². The van der Waals surface area contributed by atoms with Gasteiger partial charge in [0.15, 0.2) is 0 Å². The van der Waals surface area contributed by atoms with Crippen LogP contribution >= 0.6 is 0 Å². The summed E-state index contributed by atoms with van der Waals surface area (Å²) in [7, 11) is 1.92. The SMILES string of the molecule is CCCCCCCCCCCCCC(=O)N(CCO)C(C(=O)NCCN(C)CCNC(=O)C(C(C)C)N(CCO)C(=O)CCCCCCCCCCCCC)C(C)C. The molecule has 11 nitrogen and oxygen atoms in total. The number of rotatable bonds is 40. The Morgan fingerprint density at radius 1 is 0.448 bits per heavy atom. The molecule has 0 saturated carbocycles. The van der Waals surface area contributed by atoms with Gasteiger partial charge in [-0.25, -0.2) is 0 Å². The Morgan fingerprint density at radius 2 is 0.724 bits per heavy atom. The van der Waals surface area contributed by atoms with Crippen molar-refractivity contribution >= 4 is 23.6 Å². The van der Waals surface area contributed by atoms with Crippen molar-refractivity contribution in [3.63, 3.8) is 0 Å². The molecule has 0 rings (SSSR count). The van der Waals surface area contributed by atoms with Crippen LogP contribution < -0.4 is 10.6 Å². The Kier molecular flexibility index (Phi) is 36.3. The molecular weight excluding hydrogens is 731 g/mol. The third-order valence-corrected chi connectivity index (χ3v) is 11.4. The molecule has 0 bridgehead atoms. The van der Waals surface area contributed by atoms with E-state index in [1.54, 1.807) is 9.80 Å². The van der Waals surface area contributed by atoms with E-state index in [2.05, 4.69) is 24.5 Å². The molecule has 0 aromatic rings. The second-order valence-corrected chi connectivity index (χ2v) is 17.5. The molecule has 0 aromatic carbocycles. The highest BCUT2D eigenvalue weighted by atomic mass is 16.3. The summed E-state index contributed by atoms with van der Waals surface area (Å²) >= 11 is 0. The lowest BCUT2D eigenvalue weighted by Gasteiger charge is -2.33. The first-order chi connectivity index (χ1) is 28.0. The van der Waals surface area contributed by atoms with Crippen LogP contribution in [0.25, 0.3) is 0 Å². The molecular formula is C47H93N5O6. The zero-order chi connectivity index (χ0) is 43.4. The van der Waals surface area contributed by atoms with Gasteiger partial charge in [0.05, 0.1) is 13.2 Å². The van der Waals surface area contributed by atoms with Gasteiger partial charge >= 0.3 is 0 Å². The highest BCUT2D eigenvalue weighted by Crippen LogP contribution is 2.18. The van der Waals surface area contributed by atoms with Gasteiger partial charge in [0.25, 0.3) is 0 Å². The first-order valence-electron chi connectivity index (χ1n) is 24.0. The van der Waals surface area contributed by atoms with Crippen molar-refractivity contribution in [2.75, 3.05) is 59.5 Å². The number of amides is 4. The minimum Gasteiger partial charge on any atom is -0.395 e. The molecule has 342 valence electrons. The number of carbonyl (C=O) groups is 4. The van der Waals surface area contributed by atoms with Crippen LogP contribution in [0.4, 0.5) is 0 Å². The summed E-state index contributed by atoms with van der Waals surface area (Å²) in [5, 5.41) is 25.6. The summed E-state index contributed by atoms with van der Waals surface area (Å²) < 4.78 is 0. The molecule has 4 N–H and O–H groups in total. The number of unbranched alkanes of at least 4 members (excludes halogenated alkanes) is 20. The zero-order valence-electron chi connectivity index (χ0n) is 38.8. The molecule has 4 amide bonds. The molecule has 0 aliphatic rings. The molecule has 0 aliphatic carbocycles. The molecule has 0 fully saturated rings. The molecule has 0 aliphatic heterocycles. The Balaban J connectivity index is 4.75. The molecule has 0 heterocycles. The Bertz CT molecular complexity index is 950. The van der Waals surface area contributed by atoms with Crippen LogP contribution in [0.5, 0.6) is 0 Å². The first kappa shape index (κ1) is 55.8. The minimum absolute atomic E-state index is 0.0836. The van der Waals surface area contributed by atoms with Crippen molar-refractivity contribution < 1.29 is 29.4 Å². The van der Waals surface area contributed by atoms with Gasteiger partial charge in [-0.3, -0.25) is 19.2 Å². The van der Waals surface area contributed by atoms with E-state index in [0.29, 0.717) is 39.0 Å². The minimum atomic E-state index is -0.663. The maximum atomic E-state index is 13.4. The average molecular weight is 824 g/mol. The maximum Gasteiger partial charge on any atom is 0.243 e. The number of nitrogens with one attached hydrogen (secondary N) is 2. The summed E-state index contributed by atoms with van der Waals surface area (Å²) in [5.41, 5.74) is 0. The predicted molar refractivity (Wildman–Crippen MR) is 241 cm³/mol. The van der Waals surface area contributed by atoms with Crippen molar-refractivity contribution in [1.29, 1.82) is 0 Å². The lowest BCUT2D eigenvalue weighted by atomic mass is 10.00. The largest absolute Gasteiger partial charge is 0.395 e. The van der Waals surface area contributed by atoms with Gasteiger partial charge in [-0.1, -0.05) is 170 Å². The van der Waals surface area contributed by atoms with Gasteiger partial charge in [0, 0.05) is 52.1 Å². The van der Waals surface area contributed by atoms with Crippen molar-refractivity contribution in [2.24, 2.45) is 11.8 Å². The van der Waals surface area contributed by atoms with Crippen LogP contribution in [0.1, 0.15) is 196 Å². The monoisotopic (exact) mass is 824 g/mol. The van der Waals surface area contributed by atoms with E-state index in [0.717, 1.165) is 38.5 Å². The second kappa shape index (κ2) is 37.7. The predicted octanol–water partition coefficient (Wildman–Crippen LogP) is 8.24. The lowest BCUT2D eigenvalue weighted by Crippen LogP contribution is -2.54. The van der Waals surface area contributed by atoms with Gasteiger partial charge in [-0.2, -0.15) is 0 Å². The normalized spacial score (nSPS) is 12.6. The maximum absolute atomic E-state index is 13.4. The van der Waals surface area contributed by atoms with Crippen LogP contribution in [0.2, 0.25) is 0 Å². The van der Waals surface area contributed by atoms with E-state index in [4.69, 9.17) is 0 Å². The highest BCUT2D eigenvalue weighted by molar-refractivity contribution is 5.88. The number of nitrogens with zero attached hydrogens (tertiary/aromatic N) is 3. The lowest BCUT2D eigenvalue weighted by molar-refractivity contribution is -0.143. The summed E-state index contributed by atoms with van der Waals surface area (Å²) in [6.07, 6.45) is 27.2. The van der Waals surface area contributed by atoms with Crippen molar-refractivity contribution in [3.05, 3.63) is 0 Å². The smallest absolute Gasteiger partial charge is 0.243 e. The molecule has 0 spiro atoms. The Hall–Kier alpha value is -2.24. The fraction of sp³-hybridized carbons (Fsp3) is 0.915. The summed E-state index contributed by atoms with van der Waals surface area (Å²) in [5.74, 6) is -0.851. The number of hydrogen-bond donors (Lipinski definition) is 4. The van der Waals surface area contributed by atoms with Gasteiger partial charge in [0.2, 0.25) is 23.6 Å². The van der Waals surface area contributed by atoms with Crippen LogP contribution in [0.3, 0.4) is 0 Å². The average Bonchev–Trinajstić information content (AvgIpc) is 3.18. The molecule has 58 heavy (non-hydrogen) atoms. The van der Waals surface area contributed by atoms with E-state index in [1.165, 1.54) is 103 Å². The van der Waals surface area contributed by atoms with Crippen molar-refractivity contribution in [2.45, 2.75) is 208 Å². The highest BCUT2D eigenvalue weighted by Gasteiger charge is 2.33. The first-order valence-corrected chi connectivity index (χ1v) is 24.0. The van der Waals surface area contributed by atoms with E-state index in [9.17, 15) is 29.4 Å². The van der Waals surface area contributed by atoms with Gasteiger partial charge in [-0.05, 0) is 31.7 Å². The third-order valence-electron chi connectivity index (χ3n) is 11.4. The fourth-order valence-corrected chi connectivity index (χ4v) is 7.89. The molecule has 2 unspecified atom stereocenters. The van der Waals surface area contributed by atoms with Gasteiger partial charge < -0.3 is 35.5 Å². The number of likely N-dealkylation sites (N-methyl/N-ethyl adjacent to an activating group) is 1. The Morgan fingerprint density at radius 3 is 0.983 bits per heavy atom. The second-order valence-electron chi connectivity index (χ2n) is 17.5. The molecule has 0 aromatic heterocycles. The van der Waals surface area contributed by atoms with E-state index in [1.807, 2.05) is 39.6 Å². The topological polar surface area (TPSA) is 143 Å². The van der Waals surface area contributed by atoms with Crippen LogP contribution in [0.15, 0.2) is 0 Å². The fourth-order valence-electron chi connectivity index (χ4n) is 7.89. The standard InChI is InChI=1S/C47H93N5O6/c1-8-10-12-14-16-18-20-22-24-26-28-30-42(55)51(36-38-53)44(40(3)4)46(57)48-32-34-50(7)35-33-49-47(58)45(41(5)6)52(37-39-54)43(56)31-29-27-25-23-21-19-17-15-13-11-9-2/h40-41,44-45,53-54H,8-39H2,1-7H3,(H,48,57)(H,49,58). The summed E-state index contributed by atoms with van der Waals surface area (Å²) in [4.78, 5) is 58.6. The van der Waals surface area contributed by atoms with Crippen LogP contribution in [-0.4, -0.2) is 120 Å². The molecule has 2 atom stereocenters. The number of aliphatic hydroxyl groups is 2. The molecule has 0 radical (unpaired) electrons. The quantitative estimate of drug-likeness (QED) is 0.0456. The summed E-state index contributed by atoms with van der Waals surface area (Å²) in [6, 6.07) is -1.33. The number of aliphatic hydroxyl groups excluding tert-OH is 2. The van der Waals surface area contributed by atoms with Crippen LogP contribution in [-0.2, 0) is 19.2 Å². The molecule has 0 saturated heterocycles. The van der Waals surface area contributed by atoms with Crippen molar-refractivity contribution in [1.82, 2.24) is 25.3 Å². The third kappa shape index (κ3) is 27.5. The van der Waals surface area contributed by atoms with E-state index >= 15 is 0 Å². The van der Waals surface area contributed by atoms with Gasteiger partial charge in [-0.15, -0.1) is 0 Å². The Labute approximate surface area is 356 Å². The number of carbonyl (C=O) groups excluding carboxylic acids is 4. The van der Waals surface area contributed by atoms with Crippen molar-refractivity contribution in [3.8, 4) is 0 Å². The number of hydrogen-bond acceptors (Lipinski definition) is 7. The molecule has 11 heteroatoms. The van der Waals surface area contributed by atoms with E-state index < -0.39 is 12.1 Å².